The van der Waals surface area contributed by atoms with Gasteiger partial charge in [-0.25, -0.2) is 0 Å². The van der Waals surface area contributed by atoms with Crippen molar-refractivity contribution in [3.63, 3.8) is 0 Å². The number of aromatic nitrogens is 3. The van der Waals surface area contributed by atoms with Gasteiger partial charge in [0.15, 0.2) is 5.16 Å². The highest BCUT2D eigenvalue weighted by molar-refractivity contribution is 7.99. The molecule has 4 aliphatic rings. The molecule has 182 valence electrons. The number of carbonyl (C=O) groups excluding carboxylic acids is 1. The number of ketones is 1. The molecule has 9 heteroatoms. The average Bonchev–Trinajstić information content (AvgIpc) is 3.79. The number of hydrogen-bond acceptors (Lipinski definition) is 9. The van der Waals surface area contributed by atoms with E-state index >= 15 is 0 Å². The zero-order valence-electron chi connectivity index (χ0n) is 20.1. The third-order valence-electron chi connectivity index (χ3n) is 7.01. The SMILES string of the molecule is CN1CCN(c2nc(NC3=NCC=C3C3CC3)nc(Sc3ccc(CC(=O)C4CC4)cc3)n2)CC1. The first-order valence-electron chi connectivity index (χ1n) is 12.6. The van der Waals surface area contributed by atoms with E-state index in [1.54, 1.807) is 0 Å². The number of aliphatic imine (C=N–C) groups is 1. The zero-order valence-corrected chi connectivity index (χ0v) is 20.9. The number of benzene rings is 1. The number of nitrogens with one attached hydrogen (secondary N) is 1. The Kier molecular flexibility index (Phi) is 6.28. The van der Waals surface area contributed by atoms with Gasteiger partial charge in [-0.15, -0.1) is 0 Å². The van der Waals surface area contributed by atoms with Crippen LogP contribution in [0.4, 0.5) is 11.9 Å². The number of Topliss-reactive ketones (excluding diaryl/α,β-unsaturated/α-hetero) is 1. The van der Waals surface area contributed by atoms with E-state index in [2.05, 4.69) is 45.4 Å². The van der Waals surface area contributed by atoms with Crippen LogP contribution in [0, 0.1) is 11.8 Å². The van der Waals surface area contributed by atoms with Crippen LogP contribution < -0.4 is 10.2 Å². The van der Waals surface area contributed by atoms with E-state index in [1.165, 1.54) is 30.2 Å². The molecular formula is C26H31N7OS. The van der Waals surface area contributed by atoms with Crippen molar-refractivity contribution in [1.29, 1.82) is 0 Å². The molecule has 8 nitrogen and oxygen atoms in total. The first kappa shape index (κ1) is 22.7. The van der Waals surface area contributed by atoms with Gasteiger partial charge < -0.3 is 15.1 Å². The second-order valence-corrected chi connectivity index (χ2v) is 11.0. The Morgan fingerprint density at radius 3 is 2.51 bits per heavy atom. The molecule has 1 N–H and O–H groups in total. The lowest BCUT2D eigenvalue weighted by Crippen LogP contribution is -2.45. The van der Waals surface area contributed by atoms with Crippen molar-refractivity contribution in [2.24, 2.45) is 16.8 Å². The summed E-state index contributed by atoms with van der Waals surface area (Å²) < 4.78 is 0. The molecule has 35 heavy (non-hydrogen) atoms. The summed E-state index contributed by atoms with van der Waals surface area (Å²) in [7, 11) is 2.14. The maximum absolute atomic E-state index is 12.1. The average molecular weight is 490 g/mol. The fourth-order valence-corrected chi connectivity index (χ4v) is 5.26. The fourth-order valence-electron chi connectivity index (χ4n) is 4.52. The predicted molar refractivity (Wildman–Crippen MR) is 138 cm³/mol. The minimum Gasteiger partial charge on any atom is -0.338 e. The molecule has 0 amide bonds. The summed E-state index contributed by atoms with van der Waals surface area (Å²) in [5.41, 5.74) is 2.37. The van der Waals surface area contributed by atoms with Crippen molar-refractivity contribution in [1.82, 2.24) is 19.9 Å². The van der Waals surface area contributed by atoms with Crippen LogP contribution in [0.25, 0.3) is 0 Å². The molecule has 3 heterocycles. The lowest BCUT2D eigenvalue weighted by molar-refractivity contribution is -0.119. The Morgan fingerprint density at radius 2 is 1.80 bits per heavy atom. The van der Waals surface area contributed by atoms with Gasteiger partial charge in [-0.1, -0.05) is 18.2 Å². The number of carbonyl (C=O) groups is 1. The molecular weight excluding hydrogens is 458 g/mol. The molecule has 0 bridgehead atoms. The van der Waals surface area contributed by atoms with Crippen molar-refractivity contribution in [2.75, 3.05) is 50.0 Å². The van der Waals surface area contributed by atoms with E-state index < -0.39 is 0 Å². The third-order valence-corrected chi connectivity index (χ3v) is 7.89. The smallest absolute Gasteiger partial charge is 0.234 e. The van der Waals surface area contributed by atoms with Gasteiger partial charge in [-0.05, 0) is 73.7 Å². The topological polar surface area (TPSA) is 86.6 Å². The van der Waals surface area contributed by atoms with E-state index in [0.717, 1.165) is 61.9 Å². The van der Waals surface area contributed by atoms with E-state index in [1.807, 2.05) is 12.1 Å². The van der Waals surface area contributed by atoms with Crippen molar-refractivity contribution in [3.8, 4) is 0 Å². The molecule has 2 aliphatic carbocycles. The van der Waals surface area contributed by atoms with Crippen LogP contribution in [0.3, 0.4) is 0 Å². The van der Waals surface area contributed by atoms with Gasteiger partial charge in [-0.2, -0.15) is 15.0 Å². The molecule has 1 saturated heterocycles. The third kappa shape index (κ3) is 5.56. The number of anilines is 2. The first-order valence-corrected chi connectivity index (χ1v) is 13.4. The Bertz CT molecular complexity index is 1160. The molecule has 0 radical (unpaired) electrons. The van der Waals surface area contributed by atoms with Gasteiger partial charge >= 0.3 is 0 Å². The highest BCUT2D eigenvalue weighted by Gasteiger charge is 2.31. The number of piperazine rings is 1. The fraction of sp³-hybridized carbons (Fsp3) is 0.500. The summed E-state index contributed by atoms with van der Waals surface area (Å²) >= 11 is 1.53. The number of rotatable bonds is 8. The second kappa shape index (κ2) is 9.70. The van der Waals surface area contributed by atoms with Crippen molar-refractivity contribution in [3.05, 3.63) is 41.5 Å². The number of hydrogen-bond donors (Lipinski definition) is 1. The largest absolute Gasteiger partial charge is 0.338 e. The number of nitrogens with zero attached hydrogens (tertiary/aromatic N) is 6. The van der Waals surface area contributed by atoms with Gasteiger partial charge in [0.05, 0.1) is 6.54 Å². The van der Waals surface area contributed by atoms with E-state index in [-0.39, 0.29) is 0 Å². The predicted octanol–water partition coefficient (Wildman–Crippen LogP) is 3.46. The van der Waals surface area contributed by atoms with Crippen LogP contribution in [-0.4, -0.2) is 71.2 Å². The maximum atomic E-state index is 12.1. The Balaban J connectivity index is 1.21. The van der Waals surface area contributed by atoms with Crippen LogP contribution in [-0.2, 0) is 11.2 Å². The lowest BCUT2D eigenvalue weighted by atomic mass is 10.1. The first-order chi connectivity index (χ1) is 17.1. The summed E-state index contributed by atoms with van der Waals surface area (Å²) in [6.07, 6.45) is 7.33. The molecule has 2 aromatic rings. The van der Waals surface area contributed by atoms with E-state index in [0.29, 0.717) is 41.1 Å². The monoisotopic (exact) mass is 489 g/mol. The zero-order chi connectivity index (χ0) is 23.8. The molecule has 0 unspecified atom stereocenters. The standard InChI is InChI=1S/C26H31N7OS/c1-32-12-14-33(15-13-32)25-29-24(28-23-21(10-11-27-23)18-4-5-18)30-26(31-25)35-20-8-2-17(3-9-20)16-22(34)19-6-7-19/h2-3,8-10,18-19H,4-7,11-16H2,1H3,(H,27,28,29,30,31). The molecule has 1 aromatic carbocycles. The molecule has 3 fully saturated rings. The van der Waals surface area contributed by atoms with Crippen LogP contribution in [0.2, 0.25) is 0 Å². The van der Waals surface area contributed by atoms with Crippen LogP contribution in [0.5, 0.6) is 0 Å². The van der Waals surface area contributed by atoms with Gasteiger partial charge in [-0.3, -0.25) is 9.79 Å². The molecule has 2 saturated carbocycles. The molecule has 2 aliphatic heterocycles. The highest BCUT2D eigenvalue weighted by atomic mass is 32.2. The molecule has 6 rings (SSSR count). The van der Waals surface area contributed by atoms with Gasteiger partial charge in [0.2, 0.25) is 11.9 Å². The number of likely N-dealkylation sites (N-methyl/N-ethyl adjacent to an activating group) is 1. The van der Waals surface area contributed by atoms with Crippen molar-refractivity contribution >= 4 is 35.3 Å². The summed E-state index contributed by atoms with van der Waals surface area (Å²) in [6, 6.07) is 8.21. The Morgan fingerprint density at radius 1 is 1.03 bits per heavy atom. The summed E-state index contributed by atoms with van der Waals surface area (Å²) in [5.74, 6) is 3.46. The summed E-state index contributed by atoms with van der Waals surface area (Å²) in [4.78, 5) is 36.8. The maximum Gasteiger partial charge on any atom is 0.234 e. The van der Waals surface area contributed by atoms with Crippen molar-refractivity contribution < 1.29 is 4.79 Å². The van der Waals surface area contributed by atoms with Gasteiger partial charge in [0, 0.05) is 43.4 Å². The van der Waals surface area contributed by atoms with E-state index in [9.17, 15) is 4.79 Å². The minimum absolute atomic E-state index is 0.299. The van der Waals surface area contributed by atoms with Crippen LogP contribution >= 0.6 is 11.8 Å². The van der Waals surface area contributed by atoms with E-state index in [4.69, 9.17) is 15.0 Å². The summed E-state index contributed by atoms with van der Waals surface area (Å²) in [6.45, 7) is 4.48. The minimum atomic E-state index is 0.299. The molecule has 1 aromatic heterocycles. The highest BCUT2D eigenvalue weighted by Crippen LogP contribution is 2.38. The van der Waals surface area contributed by atoms with Crippen molar-refractivity contribution in [2.45, 2.75) is 42.2 Å². The second-order valence-electron chi connectivity index (χ2n) is 9.94. The lowest BCUT2D eigenvalue weighted by Gasteiger charge is -2.32. The van der Waals surface area contributed by atoms with Gasteiger partial charge in [0.1, 0.15) is 11.6 Å². The Labute approximate surface area is 210 Å². The number of amidine groups is 1. The van der Waals surface area contributed by atoms with Gasteiger partial charge in [0.25, 0.3) is 0 Å². The van der Waals surface area contributed by atoms with Crippen LogP contribution in [0.1, 0.15) is 31.2 Å². The van der Waals surface area contributed by atoms with Crippen LogP contribution in [0.15, 0.2) is 51.0 Å². The molecule has 0 atom stereocenters. The normalized spacial score (nSPS) is 20.5. The quantitative estimate of drug-likeness (QED) is 0.603. The molecule has 0 spiro atoms. The Hall–Kier alpha value is -2.78. The summed E-state index contributed by atoms with van der Waals surface area (Å²) in [5, 5.41) is 4.07.